The van der Waals surface area contributed by atoms with Crippen molar-refractivity contribution in [3.8, 4) is 5.69 Å². The average molecular weight is 366 g/mol. The van der Waals surface area contributed by atoms with Crippen LogP contribution in [-0.4, -0.2) is 45.1 Å². The number of hydrogen-bond acceptors (Lipinski definition) is 4. The second kappa shape index (κ2) is 7.11. The van der Waals surface area contributed by atoms with Crippen LogP contribution in [0.3, 0.4) is 0 Å². The molecule has 5 nitrogen and oxygen atoms in total. The third-order valence-electron chi connectivity index (χ3n) is 4.25. The van der Waals surface area contributed by atoms with Crippen LogP contribution in [0.2, 0.25) is 0 Å². The maximum Gasteiger partial charge on any atom is 0.252 e. The van der Waals surface area contributed by atoms with Gasteiger partial charge in [0.2, 0.25) is 5.91 Å². The first kappa shape index (κ1) is 17.8. The summed E-state index contributed by atoms with van der Waals surface area (Å²) >= 11 is 1.42. The summed E-state index contributed by atoms with van der Waals surface area (Å²) in [4.78, 5) is 18.0. The van der Waals surface area contributed by atoms with Crippen molar-refractivity contribution in [1.82, 2.24) is 14.8 Å². The molecule has 0 aromatic carbocycles. The van der Waals surface area contributed by atoms with E-state index in [1.165, 1.54) is 11.8 Å². The number of amides is 1. The Balaban J connectivity index is 1.54. The molecule has 0 bridgehead atoms. The van der Waals surface area contributed by atoms with Crippen LogP contribution < -0.4 is 4.90 Å². The molecule has 1 aliphatic rings. The van der Waals surface area contributed by atoms with Crippen LogP contribution in [0.1, 0.15) is 18.5 Å². The second-order valence-electron chi connectivity index (χ2n) is 6.20. The molecular weight excluding hydrogens is 346 g/mol. The molecule has 2 aromatic rings. The molecule has 1 atom stereocenters. The Morgan fingerprint density at radius 1 is 1.52 bits per heavy atom. The number of nitrogens with zero attached hydrogens (tertiary/aromatic N) is 4. The molecule has 0 spiro atoms. The fourth-order valence-corrected chi connectivity index (χ4v) is 3.67. The van der Waals surface area contributed by atoms with Crippen molar-refractivity contribution in [2.45, 2.75) is 25.7 Å². The first-order chi connectivity index (χ1) is 11.9. The van der Waals surface area contributed by atoms with E-state index in [9.17, 15) is 13.6 Å². The van der Waals surface area contributed by atoms with Crippen LogP contribution in [0.15, 0.2) is 30.7 Å². The highest BCUT2D eigenvalue weighted by atomic mass is 32.2. The van der Waals surface area contributed by atoms with Gasteiger partial charge < -0.3 is 4.90 Å². The van der Waals surface area contributed by atoms with E-state index in [0.29, 0.717) is 17.9 Å². The topological polar surface area (TPSA) is 51.0 Å². The Kier molecular flexibility index (Phi) is 5.08. The van der Waals surface area contributed by atoms with Gasteiger partial charge in [0.1, 0.15) is 0 Å². The molecule has 134 valence electrons. The maximum absolute atomic E-state index is 12.8. The minimum absolute atomic E-state index is 0.0133. The van der Waals surface area contributed by atoms with Gasteiger partial charge in [-0.15, -0.1) is 0 Å². The molecule has 0 aliphatic heterocycles. The zero-order valence-electron chi connectivity index (χ0n) is 14.2. The highest BCUT2D eigenvalue weighted by Crippen LogP contribution is 2.50. The molecule has 1 saturated carbocycles. The average Bonchev–Trinajstić information content (AvgIpc) is 3.01. The summed E-state index contributed by atoms with van der Waals surface area (Å²) in [5.41, 5.74) is 2.29. The van der Waals surface area contributed by atoms with Crippen molar-refractivity contribution in [2.24, 2.45) is 5.92 Å². The van der Waals surface area contributed by atoms with E-state index in [1.54, 1.807) is 35.2 Å². The number of anilines is 1. The van der Waals surface area contributed by atoms with Gasteiger partial charge in [0.15, 0.2) is 0 Å². The van der Waals surface area contributed by atoms with Crippen LogP contribution in [0, 0.1) is 12.8 Å². The summed E-state index contributed by atoms with van der Waals surface area (Å²) < 4.78 is 27.3. The van der Waals surface area contributed by atoms with Crippen molar-refractivity contribution >= 4 is 23.4 Å². The molecule has 0 radical (unpaired) electrons. The van der Waals surface area contributed by atoms with Crippen LogP contribution in [0.25, 0.3) is 5.69 Å². The lowest BCUT2D eigenvalue weighted by molar-refractivity contribution is -0.117. The van der Waals surface area contributed by atoms with Gasteiger partial charge in [-0.05, 0) is 19.1 Å². The van der Waals surface area contributed by atoms with Gasteiger partial charge in [0, 0.05) is 43.5 Å². The van der Waals surface area contributed by atoms with Crippen LogP contribution in [-0.2, 0) is 4.79 Å². The molecule has 3 rings (SSSR count). The van der Waals surface area contributed by atoms with Gasteiger partial charge in [-0.2, -0.15) is 16.9 Å². The lowest BCUT2D eigenvalue weighted by atomic mass is 10.3. The van der Waals surface area contributed by atoms with E-state index in [1.807, 2.05) is 19.1 Å². The SMILES string of the molecule is Cc1nn(-c2cccnc2)cc1N(C)C(=O)CCSCC1CC1(F)F. The minimum Gasteiger partial charge on any atom is -0.312 e. The normalized spacial score (nSPS) is 18.2. The number of aryl methyl sites for hydroxylation is 1. The Hall–Kier alpha value is -1.96. The van der Waals surface area contributed by atoms with Gasteiger partial charge in [-0.3, -0.25) is 9.78 Å². The molecule has 2 heterocycles. The van der Waals surface area contributed by atoms with E-state index >= 15 is 0 Å². The van der Waals surface area contributed by atoms with E-state index < -0.39 is 11.8 Å². The predicted molar refractivity (Wildman–Crippen MR) is 94.5 cm³/mol. The fourth-order valence-electron chi connectivity index (χ4n) is 2.54. The third kappa shape index (κ3) is 4.18. The van der Waals surface area contributed by atoms with E-state index in [2.05, 4.69) is 10.1 Å². The molecule has 25 heavy (non-hydrogen) atoms. The molecule has 0 saturated heterocycles. The van der Waals surface area contributed by atoms with Gasteiger partial charge in [-0.25, -0.2) is 13.5 Å². The highest BCUT2D eigenvalue weighted by Gasteiger charge is 2.56. The summed E-state index contributed by atoms with van der Waals surface area (Å²) in [7, 11) is 1.71. The van der Waals surface area contributed by atoms with Crippen LogP contribution >= 0.6 is 11.8 Å². The zero-order valence-corrected chi connectivity index (χ0v) is 15.0. The van der Waals surface area contributed by atoms with Crippen LogP contribution in [0.5, 0.6) is 0 Å². The van der Waals surface area contributed by atoms with Gasteiger partial charge >= 0.3 is 0 Å². The Labute approximate surface area is 149 Å². The lowest BCUT2D eigenvalue weighted by Gasteiger charge is -2.16. The van der Waals surface area contributed by atoms with E-state index in [4.69, 9.17) is 0 Å². The van der Waals surface area contributed by atoms with E-state index in [-0.39, 0.29) is 12.3 Å². The fraction of sp³-hybridized carbons (Fsp3) is 0.471. The number of pyridine rings is 1. The molecule has 8 heteroatoms. The molecule has 1 aliphatic carbocycles. The van der Waals surface area contributed by atoms with Gasteiger partial charge in [0.05, 0.1) is 29.5 Å². The molecular formula is C17H20F2N4OS. The first-order valence-corrected chi connectivity index (χ1v) is 9.23. The monoisotopic (exact) mass is 366 g/mol. The summed E-state index contributed by atoms with van der Waals surface area (Å²) in [5.74, 6) is -2.08. The van der Waals surface area contributed by atoms with E-state index in [0.717, 1.165) is 17.1 Å². The van der Waals surface area contributed by atoms with Crippen molar-refractivity contribution in [1.29, 1.82) is 0 Å². The second-order valence-corrected chi connectivity index (χ2v) is 7.35. The quantitative estimate of drug-likeness (QED) is 0.706. The standard InChI is InChI=1S/C17H20F2N4OS/c1-12-15(10-23(21-12)14-4-3-6-20-9-14)22(2)16(24)5-7-25-11-13-8-17(13,18)19/h3-4,6,9-10,13H,5,7-8,11H2,1-2H3. The number of aromatic nitrogens is 3. The lowest BCUT2D eigenvalue weighted by Crippen LogP contribution is -2.26. The van der Waals surface area contributed by atoms with Gasteiger partial charge in [0.25, 0.3) is 5.92 Å². The number of rotatable bonds is 7. The molecule has 1 amide bonds. The van der Waals surface area contributed by atoms with Crippen molar-refractivity contribution < 1.29 is 13.6 Å². The molecule has 1 fully saturated rings. The summed E-state index contributed by atoms with van der Waals surface area (Å²) in [6.45, 7) is 1.84. The zero-order chi connectivity index (χ0) is 18.0. The highest BCUT2D eigenvalue weighted by molar-refractivity contribution is 7.99. The molecule has 0 N–H and O–H groups in total. The Bertz CT molecular complexity index is 750. The summed E-state index contributed by atoms with van der Waals surface area (Å²) in [5, 5.41) is 4.42. The summed E-state index contributed by atoms with van der Waals surface area (Å²) in [6, 6.07) is 3.71. The van der Waals surface area contributed by atoms with Crippen LogP contribution in [0.4, 0.5) is 14.5 Å². The number of carbonyl (C=O) groups is 1. The summed E-state index contributed by atoms with van der Waals surface area (Å²) in [6.07, 6.45) is 5.48. The largest absolute Gasteiger partial charge is 0.312 e. The smallest absolute Gasteiger partial charge is 0.252 e. The molecule has 1 unspecified atom stereocenters. The first-order valence-electron chi connectivity index (χ1n) is 8.07. The molecule has 2 aromatic heterocycles. The maximum atomic E-state index is 12.8. The predicted octanol–water partition coefficient (Wildman–Crippen LogP) is 3.32. The van der Waals surface area contributed by atoms with Crippen molar-refractivity contribution in [3.63, 3.8) is 0 Å². The number of carbonyl (C=O) groups excluding carboxylic acids is 1. The number of hydrogen-bond donors (Lipinski definition) is 0. The number of alkyl halides is 2. The van der Waals surface area contributed by atoms with Crippen molar-refractivity contribution in [3.05, 3.63) is 36.4 Å². The van der Waals surface area contributed by atoms with Crippen molar-refractivity contribution in [2.75, 3.05) is 23.5 Å². The Morgan fingerprint density at radius 3 is 2.92 bits per heavy atom. The number of thioether (sulfide) groups is 1. The number of halogens is 2. The Morgan fingerprint density at radius 2 is 2.28 bits per heavy atom. The van der Waals surface area contributed by atoms with Gasteiger partial charge in [-0.1, -0.05) is 0 Å². The third-order valence-corrected chi connectivity index (χ3v) is 5.38. The minimum atomic E-state index is -2.48.